The molecule has 2 atom stereocenters. The van der Waals surface area contributed by atoms with E-state index in [-0.39, 0.29) is 22.3 Å². The third kappa shape index (κ3) is 3.23. The number of rotatable bonds is 4. The van der Waals surface area contributed by atoms with Crippen molar-refractivity contribution in [2.75, 3.05) is 6.54 Å². The number of nitro groups is 1. The number of non-ortho nitro benzene ring substituents is 1. The lowest BCUT2D eigenvalue weighted by molar-refractivity contribution is -0.384. The number of nitrogens with zero attached hydrogens (tertiary/aromatic N) is 1. The maximum absolute atomic E-state index is 12.2. The van der Waals surface area contributed by atoms with Gasteiger partial charge < -0.3 is 9.87 Å². The number of carbonyl (C=O) groups is 1. The van der Waals surface area contributed by atoms with E-state index in [1.165, 1.54) is 0 Å². The summed E-state index contributed by atoms with van der Waals surface area (Å²) in [7, 11) is -4.21. The van der Waals surface area contributed by atoms with Crippen LogP contribution in [0.3, 0.4) is 0 Å². The fourth-order valence-electron chi connectivity index (χ4n) is 2.01. The molecule has 1 saturated heterocycles. The van der Waals surface area contributed by atoms with Crippen molar-refractivity contribution in [3.63, 3.8) is 0 Å². The average molecular weight is 332 g/mol. The summed E-state index contributed by atoms with van der Waals surface area (Å²) in [6.07, 6.45) is 0.214. The Morgan fingerprint density at radius 3 is 2.48 bits per heavy atom. The zero-order chi connectivity index (χ0) is 15.6. The van der Waals surface area contributed by atoms with Gasteiger partial charge in [-0.1, -0.05) is 0 Å². The van der Waals surface area contributed by atoms with E-state index in [2.05, 4.69) is 5.32 Å². The van der Waals surface area contributed by atoms with Crippen LogP contribution in [-0.2, 0) is 14.6 Å². The smallest absolute Gasteiger partial charge is 0.269 e. The largest absolute Gasteiger partial charge is 0.330 e. The molecule has 0 aliphatic carbocycles. The van der Waals surface area contributed by atoms with E-state index < -0.39 is 25.9 Å². The fraction of sp³-hybridized carbons (Fsp3) is 0.364. The molecule has 1 aliphatic heterocycles. The van der Waals surface area contributed by atoms with E-state index in [1.54, 1.807) is 0 Å². The molecule has 1 aliphatic rings. The van der Waals surface area contributed by atoms with Gasteiger partial charge in [-0.3, -0.25) is 14.9 Å². The van der Waals surface area contributed by atoms with Crippen LogP contribution in [-0.4, -0.2) is 40.8 Å². The highest BCUT2D eigenvalue weighted by atomic mass is 32.2. The van der Waals surface area contributed by atoms with E-state index in [1.807, 2.05) is 0 Å². The normalized spacial score (nSPS) is 22.1. The van der Waals surface area contributed by atoms with Crippen molar-refractivity contribution >= 4 is 32.7 Å². The molecular formula is C11H12N2O6S2. The fourth-order valence-corrected chi connectivity index (χ4v) is 3.74. The molecule has 2 unspecified atom stereocenters. The van der Waals surface area contributed by atoms with Crippen LogP contribution in [0.5, 0.6) is 0 Å². The molecule has 8 nitrogen and oxygen atoms in total. The highest BCUT2D eigenvalue weighted by Crippen LogP contribution is 2.23. The minimum atomic E-state index is -4.21. The number of nitrogens with one attached hydrogen (secondary N) is 1. The second kappa shape index (κ2) is 6.10. The van der Waals surface area contributed by atoms with E-state index in [4.69, 9.17) is 4.55 Å². The third-order valence-electron chi connectivity index (χ3n) is 3.15. The van der Waals surface area contributed by atoms with Crippen molar-refractivity contribution in [2.24, 2.45) is 0 Å². The molecular weight excluding hydrogens is 320 g/mol. The van der Waals surface area contributed by atoms with E-state index >= 15 is 0 Å². The Morgan fingerprint density at radius 2 is 2.00 bits per heavy atom. The van der Waals surface area contributed by atoms with E-state index in [0.29, 0.717) is 18.6 Å². The Morgan fingerprint density at radius 1 is 1.38 bits per heavy atom. The van der Waals surface area contributed by atoms with Gasteiger partial charge in [0, 0.05) is 23.9 Å². The van der Waals surface area contributed by atoms with Crippen LogP contribution >= 0.6 is 12.0 Å². The molecule has 2 N–H and O–H groups in total. The third-order valence-corrected chi connectivity index (χ3v) is 5.51. The second-order valence-corrected chi connectivity index (χ2v) is 7.26. The van der Waals surface area contributed by atoms with Crippen LogP contribution in [0.4, 0.5) is 5.69 Å². The average Bonchev–Trinajstić information content (AvgIpc) is 2.95. The molecule has 21 heavy (non-hydrogen) atoms. The summed E-state index contributed by atoms with van der Waals surface area (Å²) < 4.78 is 33.3. The number of nitro benzene ring substituents is 1. The number of hydrogen-bond donors (Lipinski definition) is 2. The standard InChI is InChI=1S/C11H12N2O6S2/c14-11(10-5-8(20-17)6-12-10)21(18,19)9-3-1-7(2-4-9)13(15)16/h1-4,8,10,12,17H,5-6H2. The van der Waals surface area contributed by atoms with Gasteiger partial charge in [0.05, 0.1) is 15.9 Å². The molecule has 1 aromatic carbocycles. The highest BCUT2D eigenvalue weighted by Gasteiger charge is 2.37. The number of benzene rings is 1. The Labute approximate surface area is 124 Å². The van der Waals surface area contributed by atoms with E-state index in [9.17, 15) is 23.3 Å². The van der Waals surface area contributed by atoms with Crippen LogP contribution < -0.4 is 5.32 Å². The molecule has 1 heterocycles. The molecule has 2 rings (SSSR count). The van der Waals surface area contributed by atoms with Crippen molar-refractivity contribution in [3.05, 3.63) is 34.4 Å². The van der Waals surface area contributed by atoms with Crippen LogP contribution in [0.15, 0.2) is 29.2 Å². The van der Waals surface area contributed by atoms with Crippen molar-refractivity contribution in [1.82, 2.24) is 5.32 Å². The quantitative estimate of drug-likeness (QED) is 0.471. The lowest BCUT2D eigenvalue weighted by Crippen LogP contribution is -2.35. The molecule has 0 radical (unpaired) electrons. The van der Waals surface area contributed by atoms with Crippen LogP contribution in [0.25, 0.3) is 0 Å². The summed E-state index contributed by atoms with van der Waals surface area (Å²) in [5.41, 5.74) is -0.253. The van der Waals surface area contributed by atoms with Gasteiger partial charge in [0.1, 0.15) is 0 Å². The topological polar surface area (TPSA) is 127 Å². The minimum absolute atomic E-state index is 0.214. The monoisotopic (exact) mass is 332 g/mol. The predicted octanol–water partition coefficient (Wildman–Crippen LogP) is 0.832. The Bertz CT molecular complexity index is 658. The Kier molecular flexibility index (Phi) is 4.61. The second-order valence-electron chi connectivity index (χ2n) is 4.50. The zero-order valence-corrected chi connectivity index (χ0v) is 12.3. The maximum Gasteiger partial charge on any atom is 0.269 e. The Balaban J connectivity index is 2.21. The van der Waals surface area contributed by atoms with Crippen LogP contribution in [0.1, 0.15) is 6.42 Å². The van der Waals surface area contributed by atoms with Gasteiger partial charge in [-0.2, -0.15) is 0 Å². The summed E-state index contributed by atoms with van der Waals surface area (Å²) in [4.78, 5) is 21.7. The first-order valence-corrected chi connectivity index (χ1v) is 8.25. The summed E-state index contributed by atoms with van der Waals surface area (Å²) in [5.74, 6) is 0. The molecule has 0 saturated carbocycles. The molecule has 0 bridgehead atoms. The first-order valence-electron chi connectivity index (χ1n) is 5.93. The van der Waals surface area contributed by atoms with Gasteiger partial charge in [0.25, 0.3) is 10.8 Å². The predicted molar refractivity (Wildman–Crippen MR) is 75.7 cm³/mol. The van der Waals surface area contributed by atoms with E-state index in [0.717, 1.165) is 24.3 Å². The molecule has 10 heteroatoms. The van der Waals surface area contributed by atoms with Gasteiger partial charge >= 0.3 is 0 Å². The van der Waals surface area contributed by atoms with Gasteiger partial charge in [-0.05, 0) is 30.6 Å². The highest BCUT2D eigenvalue weighted by molar-refractivity contribution is 8.06. The summed E-state index contributed by atoms with van der Waals surface area (Å²) in [6.45, 7) is 0.341. The SMILES string of the molecule is O=C(C1CC(SO)CN1)S(=O)(=O)c1ccc([N+](=O)[O-])cc1. The van der Waals surface area contributed by atoms with Crippen molar-refractivity contribution in [2.45, 2.75) is 22.6 Å². The van der Waals surface area contributed by atoms with Gasteiger partial charge in [0.15, 0.2) is 0 Å². The number of hydrogen-bond acceptors (Lipinski definition) is 8. The molecule has 0 aromatic heterocycles. The van der Waals surface area contributed by atoms with Crippen molar-refractivity contribution < 1.29 is 22.7 Å². The van der Waals surface area contributed by atoms with Crippen LogP contribution in [0.2, 0.25) is 0 Å². The first kappa shape index (κ1) is 15.9. The lowest BCUT2D eigenvalue weighted by Gasteiger charge is -2.09. The van der Waals surface area contributed by atoms with Crippen LogP contribution in [0, 0.1) is 10.1 Å². The molecule has 0 amide bonds. The van der Waals surface area contributed by atoms with Gasteiger partial charge in [-0.15, -0.1) is 0 Å². The Hall–Kier alpha value is -1.49. The maximum atomic E-state index is 12.2. The summed E-state index contributed by atoms with van der Waals surface area (Å²) in [5, 5.41) is 12.0. The summed E-state index contributed by atoms with van der Waals surface area (Å²) in [6, 6.07) is 3.27. The lowest BCUT2D eigenvalue weighted by atomic mass is 10.2. The molecule has 0 spiro atoms. The zero-order valence-electron chi connectivity index (χ0n) is 10.6. The number of carbonyl (C=O) groups excluding carboxylic acids is 1. The van der Waals surface area contributed by atoms with Gasteiger partial charge in [0.2, 0.25) is 9.84 Å². The molecule has 1 fully saturated rings. The molecule has 114 valence electrons. The van der Waals surface area contributed by atoms with Crippen molar-refractivity contribution in [1.29, 1.82) is 0 Å². The number of sulfone groups is 1. The molecule has 1 aromatic rings. The van der Waals surface area contributed by atoms with Gasteiger partial charge in [-0.25, -0.2) is 8.42 Å². The minimum Gasteiger partial charge on any atom is -0.330 e. The first-order chi connectivity index (χ1) is 9.86. The summed E-state index contributed by atoms with van der Waals surface area (Å²) >= 11 is 0.581. The van der Waals surface area contributed by atoms with Crippen molar-refractivity contribution in [3.8, 4) is 0 Å².